The van der Waals surface area contributed by atoms with E-state index >= 15 is 0 Å². The molecule has 4 aromatic rings. The molecule has 0 aliphatic heterocycles. The van der Waals surface area contributed by atoms with Crippen LogP contribution in [0.2, 0.25) is 0 Å². The molecule has 4 rings (SSSR count). The summed E-state index contributed by atoms with van der Waals surface area (Å²) in [4.78, 5) is 25.7. The highest BCUT2D eigenvalue weighted by molar-refractivity contribution is 7.99. The van der Waals surface area contributed by atoms with Gasteiger partial charge in [0.15, 0.2) is 5.16 Å². The lowest BCUT2D eigenvalue weighted by molar-refractivity contribution is -0.120. The van der Waals surface area contributed by atoms with Crippen LogP contribution in [0.4, 0.5) is 0 Å². The zero-order chi connectivity index (χ0) is 22.0. The van der Waals surface area contributed by atoms with E-state index in [2.05, 4.69) is 15.5 Å². The Bertz CT molecular complexity index is 1290. The van der Waals surface area contributed by atoms with Crippen LogP contribution in [0, 0.1) is 0 Å². The summed E-state index contributed by atoms with van der Waals surface area (Å²) in [6.07, 6.45) is 0.841. The number of hydrogen-bond donors (Lipinski definition) is 1. The molecule has 160 valence electrons. The molecule has 31 heavy (non-hydrogen) atoms. The minimum atomic E-state index is -0.257. The van der Waals surface area contributed by atoms with Crippen LogP contribution in [-0.2, 0) is 11.3 Å². The van der Waals surface area contributed by atoms with Crippen molar-refractivity contribution >= 4 is 34.3 Å². The summed E-state index contributed by atoms with van der Waals surface area (Å²) in [7, 11) is 0. The van der Waals surface area contributed by atoms with E-state index in [1.165, 1.54) is 11.8 Å². The Hall–Kier alpha value is -3.13. The van der Waals surface area contributed by atoms with Crippen molar-refractivity contribution in [1.82, 2.24) is 24.5 Å². The number of para-hydroxylation sites is 1. The number of nitrogens with zero attached hydrogens (tertiary/aromatic N) is 4. The van der Waals surface area contributed by atoms with E-state index in [1.807, 2.05) is 79.8 Å². The normalized spacial score (nSPS) is 11.8. The lowest BCUT2D eigenvalue weighted by Gasteiger charge is -2.24. The molecule has 0 saturated carbocycles. The smallest absolute Gasteiger partial charge is 0.263 e. The minimum Gasteiger partial charge on any atom is -0.351 e. The summed E-state index contributed by atoms with van der Waals surface area (Å²) < 4.78 is 3.50. The second-order valence-electron chi connectivity index (χ2n) is 8.09. The monoisotopic (exact) mass is 435 g/mol. The third-order valence-electron chi connectivity index (χ3n) is 5.36. The molecule has 1 amide bonds. The van der Waals surface area contributed by atoms with Gasteiger partial charge in [0.05, 0.1) is 23.2 Å². The van der Waals surface area contributed by atoms with Crippen LogP contribution in [0.25, 0.3) is 16.7 Å². The number of thioether (sulfide) groups is 1. The molecule has 0 aliphatic carbocycles. The fourth-order valence-electron chi connectivity index (χ4n) is 3.37. The number of rotatable bonds is 7. The van der Waals surface area contributed by atoms with Gasteiger partial charge in [0, 0.05) is 5.54 Å². The van der Waals surface area contributed by atoms with Gasteiger partial charge in [-0.15, -0.1) is 10.2 Å². The number of benzene rings is 2. The summed E-state index contributed by atoms with van der Waals surface area (Å²) in [6.45, 7) is 6.43. The number of nitrogens with one attached hydrogen (secondary N) is 1. The Labute approximate surface area is 184 Å². The molecule has 1 N–H and O–H groups in total. The van der Waals surface area contributed by atoms with E-state index in [1.54, 1.807) is 4.57 Å². The SMILES string of the molecule is CCC(C)(C)NC(=O)CSc1nnc2n(Cc3ccccc3)c(=O)c3ccccc3n12. The maximum absolute atomic E-state index is 13.2. The third kappa shape index (κ3) is 4.34. The van der Waals surface area contributed by atoms with Crippen molar-refractivity contribution in [3.05, 3.63) is 70.5 Å². The first-order valence-electron chi connectivity index (χ1n) is 10.2. The topological polar surface area (TPSA) is 81.3 Å². The Morgan fingerprint density at radius 2 is 1.77 bits per heavy atom. The van der Waals surface area contributed by atoms with Gasteiger partial charge in [0.2, 0.25) is 11.7 Å². The minimum absolute atomic E-state index is 0.0597. The Morgan fingerprint density at radius 3 is 2.52 bits per heavy atom. The standard InChI is InChI=1S/C23H25N5O2S/c1-4-23(2,3)24-19(29)15-31-22-26-25-21-27(14-16-10-6-5-7-11-16)20(30)17-12-8-9-13-18(17)28(21)22/h5-13H,4,14-15H2,1-3H3,(H,24,29). The first-order chi connectivity index (χ1) is 14.9. The first kappa shape index (κ1) is 21.1. The molecule has 2 aromatic heterocycles. The molecule has 0 unspecified atom stereocenters. The van der Waals surface area contributed by atoms with Crippen LogP contribution >= 0.6 is 11.8 Å². The van der Waals surface area contributed by atoms with Gasteiger partial charge < -0.3 is 5.32 Å². The van der Waals surface area contributed by atoms with Gasteiger partial charge in [-0.2, -0.15) is 0 Å². The molecule has 8 heteroatoms. The van der Waals surface area contributed by atoms with Crippen molar-refractivity contribution in [2.75, 3.05) is 5.75 Å². The van der Waals surface area contributed by atoms with Gasteiger partial charge in [-0.25, -0.2) is 0 Å². The largest absolute Gasteiger partial charge is 0.351 e. The molecule has 7 nitrogen and oxygen atoms in total. The number of fused-ring (bicyclic) bond motifs is 3. The molecule has 2 aromatic carbocycles. The highest BCUT2D eigenvalue weighted by atomic mass is 32.2. The number of hydrogen-bond acceptors (Lipinski definition) is 5. The summed E-state index contributed by atoms with van der Waals surface area (Å²) in [5, 5.41) is 12.8. The zero-order valence-corrected chi connectivity index (χ0v) is 18.6. The lowest BCUT2D eigenvalue weighted by atomic mass is 10.0. The second-order valence-corrected chi connectivity index (χ2v) is 9.03. The molecular weight excluding hydrogens is 410 g/mol. The lowest BCUT2D eigenvalue weighted by Crippen LogP contribution is -2.43. The maximum Gasteiger partial charge on any atom is 0.263 e. The highest BCUT2D eigenvalue weighted by Crippen LogP contribution is 2.22. The summed E-state index contributed by atoms with van der Waals surface area (Å²) in [6, 6.07) is 17.2. The van der Waals surface area contributed by atoms with E-state index in [0.717, 1.165) is 17.5 Å². The summed E-state index contributed by atoms with van der Waals surface area (Å²) in [5.41, 5.74) is 1.36. The Balaban J connectivity index is 1.75. The average Bonchev–Trinajstić information content (AvgIpc) is 3.20. The van der Waals surface area contributed by atoms with E-state index in [9.17, 15) is 9.59 Å². The summed E-state index contributed by atoms with van der Waals surface area (Å²) in [5.74, 6) is 0.621. The molecule has 0 atom stereocenters. The van der Waals surface area contributed by atoms with Crippen LogP contribution < -0.4 is 10.9 Å². The van der Waals surface area contributed by atoms with Crippen LogP contribution in [0.3, 0.4) is 0 Å². The van der Waals surface area contributed by atoms with Crippen LogP contribution in [-0.4, -0.2) is 36.4 Å². The molecule has 0 radical (unpaired) electrons. The fourth-order valence-corrected chi connectivity index (χ4v) is 4.11. The molecule has 0 fully saturated rings. The number of carbonyl (C=O) groups excluding carboxylic acids is 1. The second kappa shape index (κ2) is 8.55. The zero-order valence-electron chi connectivity index (χ0n) is 17.8. The number of amides is 1. The average molecular weight is 436 g/mol. The van der Waals surface area contributed by atoms with Gasteiger partial charge in [-0.05, 0) is 38.0 Å². The van der Waals surface area contributed by atoms with Gasteiger partial charge >= 0.3 is 0 Å². The van der Waals surface area contributed by atoms with Gasteiger partial charge in [0.25, 0.3) is 5.56 Å². The van der Waals surface area contributed by atoms with E-state index in [4.69, 9.17) is 0 Å². The van der Waals surface area contributed by atoms with Crippen LogP contribution in [0.5, 0.6) is 0 Å². The quantitative estimate of drug-likeness (QED) is 0.450. The molecule has 2 heterocycles. The predicted octanol–water partition coefficient (Wildman–Crippen LogP) is 3.49. The number of aromatic nitrogens is 4. The van der Waals surface area contributed by atoms with Crippen LogP contribution in [0.1, 0.15) is 32.8 Å². The highest BCUT2D eigenvalue weighted by Gasteiger charge is 2.20. The summed E-state index contributed by atoms with van der Waals surface area (Å²) >= 11 is 1.31. The van der Waals surface area contributed by atoms with Crippen molar-refractivity contribution < 1.29 is 4.79 Å². The van der Waals surface area contributed by atoms with E-state index in [-0.39, 0.29) is 22.8 Å². The van der Waals surface area contributed by atoms with Gasteiger partial charge in [-0.3, -0.25) is 18.6 Å². The molecule has 0 aliphatic rings. The first-order valence-corrected chi connectivity index (χ1v) is 11.2. The third-order valence-corrected chi connectivity index (χ3v) is 6.28. The number of carbonyl (C=O) groups is 1. The van der Waals surface area contributed by atoms with Crippen molar-refractivity contribution in [2.45, 2.75) is 44.4 Å². The van der Waals surface area contributed by atoms with E-state index < -0.39 is 0 Å². The van der Waals surface area contributed by atoms with Crippen molar-refractivity contribution in [2.24, 2.45) is 0 Å². The molecule has 0 bridgehead atoms. The van der Waals surface area contributed by atoms with Crippen molar-refractivity contribution in [3.63, 3.8) is 0 Å². The van der Waals surface area contributed by atoms with Gasteiger partial charge in [0.1, 0.15) is 0 Å². The van der Waals surface area contributed by atoms with Crippen molar-refractivity contribution in [1.29, 1.82) is 0 Å². The predicted molar refractivity (Wildman–Crippen MR) is 124 cm³/mol. The van der Waals surface area contributed by atoms with E-state index in [0.29, 0.717) is 22.9 Å². The Morgan fingerprint density at radius 1 is 1.06 bits per heavy atom. The molecule has 0 spiro atoms. The molecular formula is C23H25N5O2S. The maximum atomic E-state index is 13.2. The van der Waals surface area contributed by atoms with Crippen LogP contribution in [0.15, 0.2) is 64.5 Å². The Kier molecular flexibility index (Phi) is 5.82. The molecule has 0 saturated heterocycles. The van der Waals surface area contributed by atoms with Crippen molar-refractivity contribution in [3.8, 4) is 0 Å². The van der Waals surface area contributed by atoms with Gasteiger partial charge in [-0.1, -0.05) is 61.2 Å². The fraction of sp³-hybridized carbons (Fsp3) is 0.304.